The molecule has 2 aromatic carbocycles. The fourth-order valence-corrected chi connectivity index (χ4v) is 3.31. The van der Waals surface area contributed by atoms with Gasteiger partial charge in [-0.05, 0) is 36.4 Å². The first-order valence-electron chi connectivity index (χ1n) is 8.74. The van der Waals surface area contributed by atoms with Crippen molar-refractivity contribution in [2.45, 2.75) is 4.90 Å². The molecule has 1 amide bonds. The summed E-state index contributed by atoms with van der Waals surface area (Å²) in [6.45, 7) is -0.756. The number of amides is 1. The van der Waals surface area contributed by atoms with E-state index in [0.717, 1.165) is 26.5 Å². The Morgan fingerprint density at radius 2 is 1.47 bits per heavy atom. The topological polar surface area (TPSA) is 142 Å². The molecule has 10 nitrogen and oxygen atoms in total. The quantitative estimate of drug-likeness (QED) is 0.462. The first kappa shape index (κ1) is 24.8. The van der Waals surface area contributed by atoms with Crippen molar-refractivity contribution in [1.82, 2.24) is 0 Å². The SMILES string of the molecule is COC(=O)c1cc(NC(=O)COC(=O)c2cc(S(C)(=O)=O)ccc2Cl)cc(C(=O)OC)c1. The summed E-state index contributed by atoms with van der Waals surface area (Å²) in [4.78, 5) is 47.9. The Balaban J connectivity index is 2.15. The standard InChI is InChI=1S/C20H18ClNO9S/c1-29-18(24)11-6-12(19(25)30-2)8-13(7-11)22-17(23)10-31-20(26)15-9-14(32(3,27)28)4-5-16(15)21/h4-9H,10H2,1-3H3,(H,22,23). The Kier molecular flexibility index (Phi) is 7.95. The molecule has 32 heavy (non-hydrogen) atoms. The van der Waals surface area contributed by atoms with Crippen molar-refractivity contribution < 1.29 is 41.8 Å². The lowest BCUT2D eigenvalue weighted by atomic mass is 10.1. The minimum Gasteiger partial charge on any atom is -0.465 e. The Hall–Kier alpha value is -3.44. The smallest absolute Gasteiger partial charge is 0.340 e. The number of carbonyl (C=O) groups is 4. The molecule has 0 fully saturated rings. The van der Waals surface area contributed by atoms with Crippen molar-refractivity contribution in [2.75, 3.05) is 32.4 Å². The number of esters is 3. The fraction of sp³-hybridized carbons (Fsp3) is 0.200. The molecule has 0 radical (unpaired) electrons. The number of methoxy groups -OCH3 is 2. The van der Waals surface area contributed by atoms with E-state index in [1.165, 1.54) is 30.3 Å². The maximum absolute atomic E-state index is 12.3. The van der Waals surface area contributed by atoms with Gasteiger partial charge in [0, 0.05) is 11.9 Å². The number of hydrogen-bond donors (Lipinski definition) is 1. The maximum Gasteiger partial charge on any atom is 0.340 e. The molecular weight excluding hydrogens is 466 g/mol. The van der Waals surface area contributed by atoms with Crippen LogP contribution in [0, 0.1) is 0 Å². The number of nitrogens with one attached hydrogen (secondary N) is 1. The maximum atomic E-state index is 12.3. The predicted molar refractivity (Wildman–Crippen MR) is 113 cm³/mol. The number of rotatable bonds is 7. The summed E-state index contributed by atoms with van der Waals surface area (Å²) >= 11 is 5.92. The fourth-order valence-electron chi connectivity index (χ4n) is 2.47. The monoisotopic (exact) mass is 483 g/mol. The highest BCUT2D eigenvalue weighted by molar-refractivity contribution is 7.90. The lowest BCUT2D eigenvalue weighted by molar-refractivity contribution is -0.119. The molecule has 0 aromatic heterocycles. The molecule has 0 aliphatic carbocycles. The van der Waals surface area contributed by atoms with Crippen molar-refractivity contribution in [2.24, 2.45) is 0 Å². The van der Waals surface area contributed by atoms with E-state index in [4.69, 9.17) is 16.3 Å². The molecule has 170 valence electrons. The van der Waals surface area contributed by atoms with Gasteiger partial charge in [0.25, 0.3) is 5.91 Å². The average Bonchev–Trinajstić information content (AvgIpc) is 2.75. The van der Waals surface area contributed by atoms with Crippen LogP contribution in [-0.4, -0.2) is 59.3 Å². The molecule has 0 bridgehead atoms. The number of sulfone groups is 1. The minimum atomic E-state index is -3.60. The van der Waals surface area contributed by atoms with Crippen LogP contribution in [0.3, 0.4) is 0 Å². The Morgan fingerprint density at radius 3 is 1.97 bits per heavy atom. The zero-order chi connectivity index (χ0) is 24.1. The van der Waals surface area contributed by atoms with Crippen LogP contribution in [0.25, 0.3) is 0 Å². The van der Waals surface area contributed by atoms with Gasteiger partial charge in [-0.1, -0.05) is 11.6 Å². The van der Waals surface area contributed by atoms with Gasteiger partial charge in [-0.15, -0.1) is 0 Å². The summed E-state index contributed by atoms with van der Waals surface area (Å²) in [6, 6.07) is 7.23. The Labute approximate surface area is 188 Å². The van der Waals surface area contributed by atoms with Crippen LogP contribution in [0.1, 0.15) is 31.1 Å². The normalized spacial score (nSPS) is 10.8. The van der Waals surface area contributed by atoms with E-state index in [9.17, 15) is 27.6 Å². The second kappa shape index (κ2) is 10.2. The van der Waals surface area contributed by atoms with Crippen LogP contribution in [0.15, 0.2) is 41.3 Å². The van der Waals surface area contributed by atoms with Crippen molar-refractivity contribution in [1.29, 1.82) is 0 Å². The highest BCUT2D eigenvalue weighted by atomic mass is 35.5. The number of anilines is 1. The molecule has 2 rings (SSSR count). The third-order valence-corrected chi connectivity index (χ3v) is 5.42. The lowest BCUT2D eigenvalue weighted by Crippen LogP contribution is -2.21. The van der Waals surface area contributed by atoms with Gasteiger partial charge in [0.15, 0.2) is 16.4 Å². The number of halogens is 1. The lowest BCUT2D eigenvalue weighted by Gasteiger charge is -2.10. The Morgan fingerprint density at radius 1 is 0.906 bits per heavy atom. The summed E-state index contributed by atoms with van der Waals surface area (Å²) in [5.41, 5.74) is -0.228. The van der Waals surface area contributed by atoms with Gasteiger partial charge in [-0.2, -0.15) is 0 Å². The van der Waals surface area contributed by atoms with E-state index in [-0.39, 0.29) is 32.3 Å². The van der Waals surface area contributed by atoms with E-state index in [0.29, 0.717) is 0 Å². The van der Waals surface area contributed by atoms with Gasteiger partial charge >= 0.3 is 17.9 Å². The van der Waals surface area contributed by atoms with Crippen LogP contribution < -0.4 is 5.32 Å². The summed E-state index contributed by atoms with van der Waals surface area (Å²) in [6.07, 6.45) is 0.962. The largest absolute Gasteiger partial charge is 0.465 e. The highest BCUT2D eigenvalue weighted by Crippen LogP contribution is 2.22. The molecule has 1 N–H and O–H groups in total. The average molecular weight is 484 g/mol. The second-order valence-corrected chi connectivity index (χ2v) is 8.74. The van der Waals surface area contributed by atoms with Gasteiger partial charge in [0.05, 0.1) is 40.8 Å². The molecule has 0 saturated heterocycles. The van der Waals surface area contributed by atoms with Gasteiger partial charge in [0.1, 0.15) is 0 Å². The van der Waals surface area contributed by atoms with Gasteiger partial charge in [-0.3, -0.25) is 4.79 Å². The van der Waals surface area contributed by atoms with Crippen LogP contribution >= 0.6 is 11.6 Å². The molecular formula is C20H18ClNO9S. The molecule has 0 atom stereocenters. The predicted octanol–water partition coefficient (Wildman–Crippen LogP) is 2.11. The minimum absolute atomic E-state index is 0.0212. The molecule has 0 aliphatic heterocycles. The molecule has 12 heteroatoms. The van der Waals surface area contributed by atoms with Gasteiger partial charge in [0.2, 0.25) is 0 Å². The van der Waals surface area contributed by atoms with Gasteiger partial charge in [-0.25, -0.2) is 22.8 Å². The molecule has 2 aromatic rings. The Bertz CT molecular complexity index is 1160. The van der Waals surface area contributed by atoms with Crippen LogP contribution in [-0.2, 0) is 28.8 Å². The first-order valence-corrected chi connectivity index (χ1v) is 11.0. The second-order valence-electron chi connectivity index (χ2n) is 6.32. The van der Waals surface area contributed by atoms with Crippen molar-refractivity contribution >= 4 is 50.9 Å². The molecule has 0 aliphatic rings. The zero-order valence-corrected chi connectivity index (χ0v) is 18.7. The van der Waals surface area contributed by atoms with Crippen molar-refractivity contribution in [3.05, 3.63) is 58.1 Å². The zero-order valence-electron chi connectivity index (χ0n) is 17.1. The van der Waals surface area contributed by atoms with Crippen LogP contribution in [0.4, 0.5) is 5.69 Å². The molecule has 0 saturated carbocycles. The molecule has 0 spiro atoms. The van der Waals surface area contributed by atoms with Crippen LogP contribution in [0.2, 0.25) is 5.02 Å². The third kappa shape index (κ3) is 6.28. The van der Waals surface area contributed by atoms with Crippen LogP contribution in [0.5, 0.6) is 0 Å². The van der Waals surface area contributed by atoms with Gasteiger partial charge < -0.3 is 19.5 Å². The highest BCUT2D eigenvalue weighted by Gasteiger charge is 2.19. The number of benzene rings is 2. The molecule has 0 unspecified atom stereocenters. The van der Waals surface area contributed by atoms with E-state index in [1.54, 1.807) is 0 Å². The van der Waals surface area contributed by atoms with E-state index < -0.39 is 40.3 Å². The number of hydrogen-bond acceptors (Lipinski definition) is 9. The number of carbonyl (C=O) groups excluding carboxylic acids is 4. The van der Waals surface area contributed by atoms with Crippen molar-refractivity contribution in [3.63, 3.8) is 0 Å². The summed E-state index contributed by atoms with van der Waals surface area (Å²) in [7, 11) is -1.30. The molecule has 0 heterocycles. The summed E-state index contributed by atoms with van der Waals surface area (Å²) in [5, 5.41) is 2.32. The van der Waals surface area contributed by atoms with E-state index >= 15 is 0 Å². The third-order valence-electron chi connectivity index (χ3n) is 3.98. The summed E-state index contributed by atoms with van der Waals surface area (Å²) < 4.78 is 37.4. The van der Waals surface area contributed by atoms with E-state index in [2.05, 4.69) is 14.8 Å². The first-order chi connectivity index (χ1) is 15.0. The summed E-state index contributed by atoms with van der Waals surface area (Å²) in [5.74, 6) is -3.32. The number of ether oxygens (including phenoxy) is 3. The van der Waals surface area contributed by atoms with Crippen molar-refractivity contribution in [3.8, 4) is 0 Å². The van der Waals surface area contributed by atoms with E-state index in [1.807, 2.05) is 0 Å².